The first kappa shape index (κ1) is 12.9. The van der Waals surface area contributed by atoms with Crippen LogP contribution < -0.4 is 4.90 Å². The third kappa shape index (κ3) is 2.15. The predicted molar refractivity (Wildman–Crippen MR) is 87.4 cm³/mol. The summed E-state index contributed by atoms with van der Waals surface area (Å²) >= 11 is 6.13. The van der Waals surface area contributed by atoms with Gasteiger partial charge in [0.1, 0.15) is 0 Å². The lowest BCUT2D eigenvalue weighted by atomic mass is 10.2. The average molecular weight is 301 g/mol. The fourth-order valence-electron chi connectivity index (χ4n) is 2.99. The first-order valence-corrected chi connectivity index (χ1v) is 7.60. The van der Waals surface area contributed by atoms with E-state index in [1.807, 2.05) is 18.2 Å². The van der Waals surface area contributed by atoms with E-state index in [-0.39, 0.29) is 0 Å². The number of aromatic nitrogens is 2. The molecule has 1 aliphatic heterocycles. The van der Waals surface area contributed by atoms with E-state index in [2.05, 4.69) is 39.6 Å². The van der Waals surface area contributed by atoms with Crippen molar-refractivity contribution in [1.82, 2.24) is 14.3 Å². The molecule has 3 heterocycles. The number of nitrogens with zero attached hydrogens (tertiary/aromatic N) is 4. The average Bonchev–Trinajstić information content (AvgIpc) is 2.96. The quantitative estimate of drug-likeness (QED) is 0.690. The van der Waals surface area contributed by atoms with E-state index in [9.17, 15) is 0 Å². The zero-order valence-electron chi connectivity index (χ0n) is 12.0. The van der Waals surface area contributed by atoms with E-state index in [4.69, 9.17) is 16.6 Å². The number of hydrogen-bond donors (Lipinski definition) is 0. The Kier molecular flexibility index (Phi) is 3.01. The van der Waals surface area contributed by atoms with E-state index in [1.54, 1.807) is 0 Å². The normalized spacial score (nSPS) is 17.0. The molecular weight excluding hydrogens is 284 g/mol. The molecule has 0 amide bonds. The van der Waals surface area contributed by atoms with E-state index in [0.717, 1.165) is 53.6 Å². The van der Waals surface area contributed by atoms with Crippen molar-refractivity contribution in [3.05, 3.63) is 41.6 Å². The third-order valence-corrected chi connectivity index (χ3v) is 4.44. The summed E-state index contributed by atoms with van der Waals surface area (Å²) in [6.45, 7) is 4.16. The van der Waals surface area contributed by atoms with Crippen molar-refractivity contribution in [2.45, 2.75) is 0 Å². The molecule has 2 aromatic heterocycles. The van der Waals surface area contributed by atoms with Gasteiger partial charge < -0.3 is 14.2 Å². The molecule has 0 atom stereocenters. The molecule has 0 radical (unpaired) electrons. The Bertz CT molecular complexity index is 802. The number of hydrogen-bond acceptors (Lipinski definition) is 3. The molecule has 1 aliphatic rings. The lowest BCUT2D eigenvalue weighted by molar-refractivity contribution is 0.312. The monoisotopic (exact) mass is 300 g/mol. The Morgan fingerprint density at radius 1 is 1.05 bits per heavy atom. The molecule has 0 N–H and O–H groups in total. The minimum Gasteiger partial charge on any atom is -0.352 e. The minimum absolute atomic E-state index is 0.728. The second-order valence-corrected chi connectivity index (χ2v) is 6.06. The highest BCUT2D eigenvalue weighted by atomic mass is 35.5. The predicted octanol–water partition coefficient (Wildman–Crippen LogP) is 2.89. The lowest BCUT2D eigenvalue weighted by Crippen LogP contribution is -2.45. The molecule has 0 spiro atoms. The minimum atomic E-state index is 0.728. The molecule has 0 bridgehead atoms. The van der Waals surface area contributed by atoms with Gasteiger partial charge in [-0.3, -0.25) is 0 Å². The Balaban J connectivity index is 1.92. The smallest absolute Gasteiger partial charge is 0.153 e. The van der Waals surface area contributed by atoms with Gasteiger partial charge in [0.05, 0.1) is 16.6 Å². The van der Waals surface area contributed by atoms with Crippen molar-refractivity contribution in [2.75, 3.05) is 38.1 Å². The molecule has 1 aromatic carbocycles. The maximum atomic E-state index is 6.13. The first-order chi connectivity index (χ1) is 10.2. The maximum Gasteiger partial charge on any atom is 0.153 e. The molecule has 1 fully saturated rings. The fraction of sp³-hybridized carbons (Fsp3) is 0.312. The van der Waals surface area contributed by atoms with Crippen molar-refractivity contribution < 1.29 is 0 Å². The van der Waals surface area contributed by atoms with Crippen LogP contribution in [0.1, 0.15) is 0 Å². The van der Waals surface area contributed by atoms with Crippen molar-refractivity contribution in [3.63, 3.8) is 0 Å². The van der Waals surface area contributed by atoms with Crippen molar-refractivity contribution in [1.29, 1.82) is 0 Å². The number of likely N-dealkylation sites (N-methyl/N-ethyl adjacent to an activating group) is 1. The topological polar surface area (TPSA) is 23.8 Å². The van der Waals surface area contributed by atoms with Crippen LogP contribution >= 0.6 is 11.6 Å². The van der Waals surface area contributed by atoms with Crippen LogP contribution in [0.3, 0.4) is 0 Å². The molecule has 21 heavy (non-hydrogen) atoms. The standard InChI is InChI=1S/C16H17ClN4/c1-19-7-9-20(10-8-19)16-15-3-2-6-21(15)14-5-4-12(17)11-13(14)18-16/h2-6,11H,7-10H2,1H3. The molecule has 1 saturated heterocycles. The van der Waals surface area contributed by atoms with Gasteiger partial charge in [0.25, 0.3) is 0 Å². The van der Waals surface area contributed by atoms with Crippen LogP contribution in [-0.2, 0) is 0 Å². The van der Waals surface area contributed by atoms with E-state index < -0.39 is 0 Å². The summed E-state index contributed by atoms with van der Waals surface area (Å²) < 4.78 is 2.20. The largest absolute Gasteiger partial charge is 0.352 e. The Hall–Kier alpha value is -1.78. The summed E-state index contributed by atoms with van der Waals surface area (Å²) in [6.07, 6.45) is 2.09. The van der Waals surface area contributed by atoms with Gasteiger partial charge in [0.2, 0.25) is 0 Å². The van der Waals surface area contributed by atoms with Crippen molar-refractivity contribution in [3.8, 4) is 0 Å². The Labute approximate surface area is 128 Å². The van der Waals surface area contributed by atoms with Gasteiger partial charge in [0.15, 0.2) is 5.82 Å². The number of halogens is 1. The van der Waals surface area contributed by atoms with E-state index in [1.165, 1.54) is 0 Å². The molecule has 3 aromatic rings. The van der Waals surface area contributed by atoms with Crippen molar-refractivity contribution in [2.24, 2.45) is 0 Å². The number of piperazine rings is 1. The molecule has 4 rings (SSSR count). The second kappa shape index (κ2) is 4.90. The van der Waals surface area contributed by atoms with Gasteiger partial charge in [-0.05, 0) is 37.4 Å². The van der Waals surface area contributed by atoms with Gasteiger partial charge in [-0.1, -0.05) is 11.6 Å². The molecule has 0 saturated carbocycles. The van der Waals surface area contributed by atoms with Gasteiger partial charge in [-0.25, -0.2) is 4.98 Å². The van der Waals surface area contributed by atoms with Gasteiger partial charge in [-0.2, -0.15) is 0 Å². The second-order valence-electron chi connectivity index (χ2n) is 5.62. The molecule has 0 aliphatic carbocycles. The fourth-order valence-corrected chi connectivity index (χ4v) is 3.15. The summed E-state index contributed by atoms with van der Waals surface area (Å²) in [6, 6.07) is 10.1. The zero-order valence-corrected chi connectivity index (χ0v) is 12.7. The van der Waals surface area contributed by atoms with Crippen LogP contribution in [0.25, 0.3) is 16.6 Å². The molecular formula is C16H17ClN4. The van der Waals surface area contributed by atoms with Gasteiger partial charge in [-0.15, -0.1) is 0 Å². The highest BCUT2D eigenvalue weighted by Crippen LogP contribution is 2.27. The summed E-state index contributed by atoms with van der Waals surface area (Å²) in [4.78, 5) is 9.61. The number of fused-ring (bicyclic) bond motifs is 3. The Morgan fingerprint density at radius 2 is 1.86 bits per heavy atom. The van der Waals surface area contributed by atoms with Crippen LogP contribution in [-0.4, -0.2) is 47.5 Å². The van der Waals surface area contributed by atoms with Crippen molar-refractivity contribution >= 4 is 34.0 Å². The van der Waals surface area contributed by atoms with Gasteiger partial charge >= 0.3 is 0 Å². The molecule has 108 valence electrons. The third-order valence-electron chi connectivity index (χ3n) is 4.20. The van der Waals surface area contributed by atoms with Crippen LogP contribution in [0.5, 0.6) is 0 Å². The summed E-state index contributed by atoms with van der Waals surface area (Å²) in [5, 5.41) is 0.728. The molecule has 4 nitrogen and oxygen atoms in total. The number of benzene rings is 1. The SMILES string of the molecule is CN1CCN(c2nc3cc(Cl)ccc3n3cccc23)CC1. The van der Waals surface area contributed by atoms with Crippen LogP contribution in [0, 0.1) is 0 Å². The zero-order chi connectivity index (χ0) is 14.4. The molecule has 5 heteroatoms. The van der Waals surface area contributed by atoms with Crippen LogP contribution in [0.15, 0.2) is 36.5 Å². The van der Waals surface area contributed by atoms with Crippen LogP contribution in [0.4, 0.5) is 5.82 Å². The van der Waals surface area contributed by atoms with E-state index >= 15 is 0 Å². The van der Waals surface area contributed by atoms with E-state index in [0.29, 0.717) is 0 Å². The first-order valence-electron chi connectivity index (χ1n) is 7.22. The van der Waals surface area contributed by atoms with Crippen LogP contribution in [0.2, 0.25) is 5.02 Å². The summed E-state index contributed by atoms with van der Waals surface area (Å²) in [7, 11) is 2.16. The Morgan fingerprint density at radius 3 is 2.67 bits per heavy atom. The summed E-state index contributed by atoms with van der Waals surface area (Å²) in [5.41, 5.74) is 3.20. The highest BCUT2D eigenvalue weighted by molar-refractivity contribution is 6.31. The number of rotatable bonds is 1. The number of anilines is 1. The van der Waals surface area contributed by atoms with Gasteiger partial charge in [0, 0.05) is 37.4 Å². The lowest BCUT2D eigenvalue weighted by Gasteiger charge is -2.33. The maximum absolute atomic E-state index is 6.13. The molecule has 0 unspecified atom stereocenters. The highest BCUT2D eigenvalue weighted by Gasteiger charge is 2.19. The summed E-state index contributed by atoms with van der Waals surface area (Å²) in [5.74, 6) is 1.06.